The van der Waals surface area contributed by atoms with Crippen molar-refractivity contribution in [3.8, 4) is 22.6 Å². The molecule has 0 fully saturated rings. The minimum absolute atomic E-state index is 0.0191. The smallest absolute Gasteiger partial charge is 0.491 e. The van der Waals surface area contributed by atoms with Crippen molar-refractivity contribution in [2.24, 2.45) is 10.7 Å². The second-order valence-electron chi connectivity index (χ2n) is 7.77. The molecule has 1 heterocycles. The highest BCUT2D eigenvalue weighted by Gasteiger charge is 2.49. The number of carbonyl (C=O) groups excluding carboxylic acids is 2. The fourth-order valence-corrected chi connectivity index (χ4v) is 3.84. The van der Waals surface area contributed by atoms with E-state index in [2.05, 4.69) is 9.73 Å². The van der Waals surface area contributed by atoms with Crippen molar-refractivity contribution in [1.82, 2.24) is 4.90 Å². The van der Waals surface area contributed by atoms with Crippen LogP contribution in [0.4, 0.5) is 13.2 Å². The lowest BCUT2D eigenvalue weighted by Crippen LogP contribution is -2.41. The van der Waals surface area contributed by atoms with Crippen molar-refractivity contribution in [3.05, 3.63) is 83.9 Å². The zero-order valence-electron chi connectivity index (χ0n) is 18.7. The van der Waals surface area contributed by atoms with Crippen molar-refractivity contribution in [1.29, 1.82) is 0 Å². The van der Waals surface area contributed by atoms with Gasteiger partial charge in [-0.15, -0.1) is 0 Å². The molecule has 7 nitrogen and oxygen atoms in total. The van der Waals surface area contributed by atoms with Crippen molar-refractivity contribution in [2.45, 2.75) is 11.7 Å². The molecule has 3 aromatic rings. The molecule has 10 heteroatoms. The van der Waals surface area contributed by atoms with Crippen LogP contribution >= 0.6 is 0 Å². The van der Waals surface area contributed by atoms with Gasteiger partial charge in [-0.1, -0.05) is 42.5 Å². The normalized spacial score (nSPS) is 17.8. The standard InChI is InChI=1S/C25H20F3N3O4/c1-31-21(32)24(30-23(31)29,17-9-11-19(12-10-17)35-22(33)25(26,27)28)18-7-3-5-15(13-18)16-6-4-8-20(14-16)34-2/h3-14H,1-2H3,(H2,29,30). The number of likely N-dealkylation sites (N-methyl/N-ethyl adjacent to an activating group) is 1. The van der Waals surface area contributed by atoms with E-state index >= 15 is 0 Å². The van der Waals surface area contributed by atoms with Crippen molar-refractivity contribution < 1.29 is 32.2 Å². The van der Waals surface area contributed by atoms with E-state index in [4.69, 9.17) is 10.5 Å². The summed E-state index contributed by atoms with van der Waals surface area (Å²) in [5.74, 6) is -2.48. The maximum Gasteiger partial charge on any atom is 0.491 e. The topological polar surface area (TPSA) is 94.2 Å². The van der Waals surface area contributed by atoms with E-state index in [0.717, 1.165) is 11.1 Å². The predicted octanol–water partition coefficient (Wildman–Crippen LogP) is 3.86. The van der Waals surface area contributed by atoms with E-state index in [9.17, 15) is 22.8 Å². The van der Waals surface area contributed by atoms with Gasteiger partial charge in [0.1, 0.15) is 11.5 Å². The van der Waals surface area contributed by atoms with Crippen LogP contribution in [0.3, 0.4) is 0 Å². The Labute approximate surface area is 198 Å². The fraction of sp³-hybridized carbons (Fsp3) is 0.160. The summed E-state index contributed by atoms with van der Waals surface area (Å²) in [6.07, 6.45) is -5.14. The molecule has 1 aliphatic heterocycles. The number of hydrogen-bond donors (Lipinski definition) is 1. The van der Waals surface area contributed by atoms with Gasteiger partial charge in [0.2, 0.25) is 0 Å². The molecule has 0 bridgehead atoms. The van der Waals surface area contributed by atoms with Crippen LogP contribution in [0.15, 0.2) is 77.8 Å². The van der Waals surface area contributed by atoms with Crippen LogP contribution < -0.4 is 15.2 Å². The van der Waals surface area contributed by atoms with Crippen LogP contribution in [-0.2, 0) is 15.1 Å². The minimum Gasteiger partial charge on any atom is -0.497 e. The number of guanidine groups is 1. The molecule has 35 heavy (non-hydrogen) atoms. The number of rotatable bonds is 5. The fourth-order valence-electron chi connectivity index (χ4n) is 3.84. The number of halogens is 3. The first-order valence-electron chi connectivity index (χ1n) is 10.3. The summed E-state index contributed by atoms with van der Waals surface area (Å²) in [6.45, 7) is 0. The van der Waals surface area contributed by atoms with Crippen LogP contribution in [0.1, 0.15) is 11.1 Å². The zero-order valence-corrected chi connectivity index (χ0v) is 18.7. The molecule has 180 valence electrons. The molecule has 0 spiro atoms. The second-order valence-corrected chi connectivity index (χ2v) is 7.77. The number of benzene rings is 3. The van der Waals surface area contributed by atoms with Crippen LogP contribution in [-0.4, -0.2) is 43.1 Å². The average molecular weight is 483 g/mol. The minimum atomic E-state index is -5.14. The summed E-state index contributed by atoms with van der Waals surface area (Å²) in [7, 11) is 3.04. The Kier molecular flexibility index (Phi) is 5.98. The molecular weight excluding hydrogens is 463 g/mol. The number of carbonyl (C=O) groups is 2. The molecule has 0 saturated carbocycles. The highest BCUT2D eigenvalue weighted by molar-refractivity contribution is 6.09. The Bertz CT molecular complexity index is 1320. The first kappa shape index (κ1) is 23.8. The van der Waals surface area contributed by atoms with E-state index in [0.29, 0.717) is 16.9 Å². The molecule has 0 radical (unpaired) electrons. The summed E-state index contributed by atoms with van der Waals surface area (Å²) >= 11 is 0. The van der Waals surface area contributed by atoms with Gasteiger partial charge < -0.3 is 15.2 Å². The molecule has 0 aromatic heterocycles. The van der Waals surface area contributed by atoms with Crippen molar-refractivity contribution in [3.63, 3.8) is 0 Å². The molecular formula is C25H20F3N3O4. The van der Waals surface area contributed by atoms with E-state index < -0.39 is 23.6 Å². The predicted molar refractivity (Wildman–Crippen MR) is 122 cm³/mol. The number of amides is 1. The van der Waals surface area contributed by atoms with Crippen LogP contribution in [0.5, 0.6) is 11.5 Å². The Morgan fingerprint density at radius 1 is 0.943 bits per heavy atom. The molecule has 4 rings (SSSR count). The average Bonchev–Trinajstić information content (AvgIpc) is 3.08. The second kappa shape index (κ2) is 8.79. The van der Waals surface area contributed by atoms with E-state index in [1.54, 1.807) is 25.3 Å². The number of nitrogens with zero attached hydrogens (tertiary/aromatic N) is 2. The summed E-state index contributed by atoms with van der Waals surface area (Å²) in [5, 5.41) is 0. The van der Waals surface area contributed by atoms with E-state index in [1.165, 1.54) is 36.2 Å². The quantitative estimate of drug-likeness (QED) is 0.439. The monoisotopic (exact) mass is 483 g/mol. The van der Waals surface area contributed by atoms with Gasteiger partial charge in [-0.2, -0.15) is 13.2 Å². The highest BCUT2D eigenvalue weighted by Crippen LogP contribution is 2.41. The van der Waals surface area contributed by atoms with Gasteiger partial charge in [-0.25, -0.2) is 9.79 Å². The van der Waals surface area contributed by atoms with Gasteiger partial charge in [0, 0.05) is 7.05 Å². The molecule has 2 N–H and O–H groups in total. The lowest BCUT2D eigenvalue weighted by atomic mass is 9.81. The number of alkyl halides is 3. The lowest BCUT2D eigenvalue weighted by Gasteiger charge is -2.26. The summed E-state index contributed by atoms with van der Waals surface area (Å²) < 4.78 is 47.3. The third-order valence-electron chi connectivity index (χ3n) is 5.64. The maximum atomic E-state index is 13.5. The van der Waals surface area contributed by atoms with Crippen LogP contribution in [0.2, 0.25) is 0 Å². The van der Waals surface area contributed by atoms with Crippen LogP contribution in [0.25, 0.3) is 11.1 Å². The SMILES string of the molecule is COc1cccc(-c2cccc(C3(c4ccc(OC(=O)C(F)(F)F)cc4)N=C(N)N(C)C3=O)c2)c1. The highest BCUT2D eigenvalue weighted by atomic mass is 19.4. The molecule has 1 aliphatic rings. The molecule has 0 aliphatic carbocycles. The van der Waals surface area contributed by atoms with Gasteiger partial charge in [0.05, 0.1) is 7.11 Å². The van der Waals surface area contributed by atoms with E-state index in [1.807, 2.05) is 30.3 Å². The van der Waals surface area contributed by atoms with Gasteiger partial charge in [-0.3, -0.25) is 9.69 Å². The Morgan fingerprint density at radius 3 is 2.14 bits per heavy atom. The number of methoxy groups -OCH3 is 1. The Hall–Kier alpha value is -4.34. The summed E-state index contributed by atoms with van der Waals surface area (Å²) in [4.78, 5) is 30.3. The molecule has 1 unspecified atom stereocenters. The Morgan fingerprint density at radius 2 is 1.57 bits per heavy atom. The molecule has 3 aromatic carbocycles. The number of nitrogens with two attached hydrogens (primary N) is 1. The number of esters is 1. The number of hydrogen-bond acceptors (Lipinski definition) is 6. The van der Waals surface area contributed by atoms with Crippen molar-refractivity contribution >= 4 is 17.8 Å². The van der Waals surface area contributed by atoms with Gasteiger partial charge in [0.25, 0.3) is 5.91 Å². The molecule has 0 saturated heterocycles. The maximum absolute atomic E-state index is 13.5. The van der Waals surface area contributed by atoms with Gasteiger partial charge in [-0.05, 0) is 52.6 Å². The summed E-state index contributed by atoms with van der Waals surface area (Å²) in [5.41, 5.74) is 6.87. The third-order valence-corrected chi connectivity index (χ3v) is 5.64. The van der Waals surface area contributed by atoms with Gasteiger partial charge >= 0.3 is 12.1 Å². The van der Waals surface area contributed by atoms with Gasteiger partial charge in [0.15, 0.2) is 11.5 Å². The molecule has 1 amide bonds. The first-order chi connectivity index (χ1) is 16.6. The Balaban J connectivity index is 1.80. The lowest BCUT2D eigenvalue weighted by molar-refractivity contribution is -0.189. The number of ether oxygens (including phenoxy) is 2. The number of aliphatic imine (C=N–C) groups is 1. The third kappa shape index (κ3) is 4.30. The van der Waals surface area contributed by atoms with Crippen molar-refractivity contribution in [2.75, 3.05) is 14.2 Å². The molecule has 1 atom stereocenters. The van der Waals surface area contributed by atoms with Crippen LogP contribution in [0, 0.1) is 0 Å². The summed E-state index contributed by atoms with van der Waals surface area (Å²) in [6, 6.07) is 19.6. The van der Waals surface area contributed by atoms with E-state index in [-0.39, 0.29) is 11.7 Å². The zero-order chi connectivity index (χ0) is 25.4. The largest absolute Gasteiger partial charge is 0.497 e. The first-order valence-corrected chi connectivity index (χ1v) is 10.3.